The average Bonchev–Trinajstić information content (AvgIpc) is 2.94. The molecule has 3 rings (SSSR count). The van der Waals surface area contributed by atoms with Crippen LogP contribution < -0.4 is 9.61 Å². The summed E-state index contributed by atoms with van der Waals surface area (Å²) in [6, 6.07) is 6.82. The minimum absolute atomic E-state index is 0.0605. The number of nitrogens with one attached hydrogen (secondary N) is 1. The Hall–Kier alpha value is -2.26. The first-order chi connectivity index (χ1) is 11.9. The van der Waals surface area contributed by atoms with Gasteiger partial charge in [-0.05, 0) is 17.7 Å². The molecule has 0 saturated heterocycles. The molecule has 2 heterocycles. The zero-order chi connectivity index (χ0) is 18.2. The van der Waals surface area contributed by atoms with E-state index in [1.54, 1.807) is 24.3 Å². The van der Waals surface area contributed by atoms with Crippen molar-refractivity contribution >= 4 is 35.0 Å². The highest BCUT2D eigenvalue weighted by atomic mass is 32.2. The van der Waals surface area contributed by atoms with Crippen LogP contribution in [0.5, 0.6) is 5.75 Å². The van der Waals surface area contributed by atoms with Crippen molar-refractivity contribution < 1.29 is 24.5 Å². The first-order valence-electron chi connectivity index (χ1n) is 7.32. The molecular weight excluding hydrogens is 366 g/mol. The van der Waals surface area contributed by atoms with Gasteiger partial charge in [-0.25, -0.2) is 0 Å². The van der Waals surface area contributed by atoms with Crippen molar-refractivity contribution in [3.63, 3.8) is 0 Å². The molecule has 9 heteroatoms. The largest absolute Gasteiger partial charge is 0.497 e. The molecule has 0 aliphatic carbocycles. The van der Waals surface area contributed by atoms with E-state index in [1.165, 1.54) is 18.9 Å². The van der Waals surface area contributed by atoms with Gasteiger partial charge >= 0.3 is 16.8 Å². The molecular formula is C16H15NO6S2. The summed E-state index contributed by atoms with van der Waals surface area (Å²) in [6.45, 7) is 0. The van der Waals surface area contributed by atoms with Gasteiger partial charge in [0, 0.05) is 16.5 Å². The number of hydrogen-bond acceptors (Lipinski definition) is 6. The summed E-state index contributed by atoms with van der Waals surface area (Å²) in [5, 5.41) is 19.8. The predicted octanol–water partition coefficient (Wildman–Crippen LogP) is 2.23. The third-order valence-electron chi connectivity index (χ3n) is 4.27. The van der Waals surface area contributed by atoms with Crippen LogP contribution in [-0.2, 0) is 9.59 Å². The lowest BCUT2D eigenvalue weighted by atomic mass is 9.70. The first kappa shape index (κ1) is 17.6. The molecule has 0 amide bonds. The number of carbonyl (C=O) groups is 2. The summed E-state index contributed by atoms with van der Waals surface area (Å²) in [4.78, 5) is 38.4. The van der Waals surface area contributed by atoms with Crippen LogP contribution in [0.2, 0.25) is 0 Å². The summed E-state index contributed by atoms with van der Waals surface area (Å²) in [6.07, 6.45) is -0.530. The topological polar surface area (TPSA) is 117 Å². The van der Waals surface area contributed by atoms with E-state index in [1.807, 2.05) is 0 Å². The SMILES string of the molecule is COc1ccc([C@@H]2c3sc(=O)[nH]c3SC[C@@]2(CC(=O)O)C(=O)O)cc1. The van der Waals surface area contributed by atoms with E-state index in [-0.39, 0.29) is 10.6 Å². The Morgan fingerprint density at radius 3 is 2.56 bits per heavy atom. The highest BCUT2D eigenvalue weighted by Gasteiger charge is 2.53. The number of thiazole rings is 1. The Kier molecular flexibility index (Phi) is 4.61. The van der Waals surface area contributed by atoms with E-state index in [9.17, 15) is 24.6 Å². The zero-order valence-corrected chi connectivity index (χ0v) is 14.8. The lowest BCUT2D eigenvalue weighted by Gasteiger charge is -2.39. The molecule has 0 spiro atoms. The summed E-state index contributed by atoms with van der Waals surface area (Å²) >= 11 is 2.11. The van der Waals surface area contributed by atoms with Gasteiger partial charge in [0.15, 0.2) is 0 Å². The van der Waals surface area contributed by atoms with Crippen LogP contribution in [-0.4, -0.2) is 40.0 Å². The lowest BCUT2D eigenvalue weighted by molar-refractivity contribution is -0.155. The molecule has 25 heavy (non-hydrogen) atoms. The molecule has 2 atom stereocenters. The number of hydrogen-bond donors (Lipinski definition) is 3. The average molecular weight is 381 g/mol. The number of aromatic amines is 1. The molecule has 1 aromatic heterocycles. The molecule has 0 radical (unpaired) electrons. The Balaban J connectivity index is 2.21. The molecule has 3 N–H and O–H groups in total. The van der Waals surface area contributed by atoms with Crippen molar-refractivity contribution in [1.29, 1.82) is 0 Å². The Morgan fingerprint density at radius 1 is 1.32 bits per heavy atom. The Labute approximate surface area is 150 Å². The van der Waals surface area contributed by atoms with Crippen molar-refractivity contribution in [1.82, 2.24) is 4.98 Å². The van der Waals surface area contributed by atoms with E-state index >= 15 is 0 Å². The normalized spacial score (nSPS) is 22.2. The monoisotopic (exact) mass is 381 g/mol. The minimum Gasteiger partial charge on any atom is -0.497 e. The van der Waals surface area contributed by atoms with E-state index in [0.29, 0.717) is 21.2 Å². The molecule has 0 unspecified atom stereocenters. The maximum Gasteiger partial charge on any atom is 0.312 e. The van der Waals surface area contributed by atoms with Gasteiger partial charge in [-0.1, -0.05) is 23.5 Å². The Bertz CT molecular complexity index is 871. The van der Waals surface area contributed by atoms with Crippen LogP contribution in [0.25, 0.3) is 0 Å². The maximum atomic E-state index is 12.2. The van der Waals surface area contributed by atoms with Crippen LogP contribution >= 0.6 is 23.1 Å². The molecule has 132 valence electrons. The second kappa shape index (κ2) is 6.57. The standard InChI is InChI=1S/C16H15NO6S2/c1-23-9-4-2-8(3-5-9)11-12-13(17-15(22)25-12)24-7-16(11,14(20)21)6-10(18)19/h2-5,11H,6-7H2,1H3,(H,17,22)(H,18,19)(H,20,21)/t11-,16-/m1/s1. The summed E-state index contributed by atoms with van der Waals surface area (Å²) in [5.41, 5.74) is -0.898. The number of methoxy groups -OCH3 is 1. The van der Waals surface area contributed by atoms with Crippen LogP contribution in [0.1, 0.15) is 22.8 Å². The van der Waals surface area contributed by atoms with E-state index < -0.39 is 29.7 Å². The fourth-order valence-corrected chi connectivity index (χ4v) is 5.67. The third-order valence-corrected chi connectivity index (χ3v) is 6.62. The van der Waals surface area contributed by atoms with Gasteiger partial charge in [0.25, 0.3) is 0 Å². The van der Waals surface area contributed by atoms with Crippen molar-refractivity contribution in [3.8, 4) is 5.75 Å². The minimum atomic E-state index is -1.54. The molecule has 1 aliphatic rings. The van der Waals surface area contributed by atoms with Crippen LogP contribution in [0, 0.1) is 5.41 Å². The second-order valence-electron chi connectivity index (χ2n) is 5.73. The van der Waals surface area contributed by atoms with Crippen LogP contribution in [0.4, 0.5) is 0 Å². The number of fused-ring (bicyclic) bond motifs is 1. The third kappa shape index (κ3) is 3.05. The molecule has 0 fully saturated rings. The molecule has 0 bridgehead atoms. The molecule has 7 nitrogen and oxygen atoms in total. The number of ether oxygens (including phenoxy) is 1. The summed E-state index contributed by atoms with van der Waals surface area (Å²) < 4.78 is 5.13. The molecule has 2 aromatic rings. The van der Waals surface area contributed by atoms with Gasteiger partial charge in [-0.15, -0.1) is 11.8 Å². The van der Waals surface area contributed by atoms with Gasteiger partial charge in [0.2, 0.25) is 0 Å². The van der Waals surface area contributed by atoms with Crippen LogP contribution in [0.3, 0.4) is 0 Å². The first-order valence-corrected chi connectivity index (χ1v) is 9.12. The fourth-order valence-electron chi connectivity index (χ4n) is 3.11. The van der Waals surface area contributed by atoms with Crippen LogP contribution in [0.15, 0.2) is 34.1 Å². The highest BCUT2D eigenvalue weighted by molar-refractivity contribution is 7.99. The Morgan fingerprint density at radius 2 is 2.00 bits per heavy atom. The van der Waals surface area contributed by atoms with Gasteiger partial charge in [-0.3, -0.25) is 14.4 Å². The quantitative estimate of drug-likeness (QED) is 0.727. The number of aliphatic carboxylic acids is 2. The predicted molar refractivity (Wildman–Crippen MR) is 92.8 cm³/mol. The zero-order valence-electron chi connectivity index (χ0n) is 13.1. The van der Waals surface area contributed by atoms with E-state index in [0.717, 1.165) is 11.3 Å². The molecule has 1 aliphatic heterocycles. The number of H-pyrrole nitrogens is 1. The van der Waals surface area contributed by atoms with Crippen molar-refractivity contribution in [2.24, 2.45) is 5.41 Å². The van der Waals surface area contributed by atoms with Gasteiger partial charge in [-0.2, -0.15) is 0 Å². The fraction of sp³-hybridized carbons (Fsp3) is 0.312. The maximum absolute atomic E-state index is 12.2. The number of rotatable bonds is 5. The number of thioether (sulfide) groups is 1. The van der Waals surface area contributed by atoms with E-state index in [2.05, 4.69) is 4.98 Å². The molecule has 0 saturated carbocycles. The number of benzene rings is 1. The van der Waals surface area contributed by atoms with Gasteiger partial charge in [0.05, 0.1) is 24.0 Å². The summed E-state index contributed by atoms with van der Waals surface area (Å²) in [5.74, 6) is -2.43. The highest BCUT2D eigenvalue weighted by Crippen LogP contribution is 2.54. The second-order valence-corrected chi connectivity index (χ2v) is 7.73. The molecule has 1 aromatic carbocycles. The lowest BCUT2D eigenvalue weighted by Crippen LogP contribution is -2.43. The smallest absolute Gasteiger partial charge is 0.312 e. The number of aromatic nitrogens is 1. The van der Waals surface area contributed by atoms with Gasteiger partial charge < -0.3 is 19.9 Å². The number of carboxylic acids is 2. The van der Waals surface area contributed by atoms with Crippen molar-refractivity contribution in [2.45, 2.75) is 17.4 Å². The van der Waals surface area contributed by atoms with Gasteiger partial charge in [0.1, 0.15) is 5.75 Å². The number of carboxylic acid groups (broad SMARTS) is 2. The van der Waals surface area contributed by atoms with Crippen molar-refractivity contribution in [3.05, 3.63) is 44.4 Å². The summed E-state index contributed by atoms with van der Waals surface area (Å²) in [7, 11) is 1.52. The van der Waals surface area contributed by atoms with Crippen molar-refractivity contribution in [2.75, 3.05) is 12.9 Å². The van der Waals surface area contributed by atoms with E-state index in [4.69, 9.17) is 4.74 Å².